The number of para-hydroxylation sites is 1. The number of benzene rings is 3. The monoisotopic (exact) mass is 458 g/mol. The van der Waals surface area contributed by atoms with Gasteiger partial charge in [-0.15, -0.1) is 11.3 Å². The van der Waals surface area contributed by atoms with Crippen molar-refractivity contribution in [1.29, 1.82) is 0 Å². The molecule has 0 radical (unpaired) electrons. The number of sulfone groups is 1. The molecule has 9 heteroatoms. The van der Waals surface area contributed by atoms with E-state index in [0.29, 0.717) is 15.6 Å². The Hall–Kier alpha value is -2.94. The molecule has 0 aliphatic carbocycles. The summed E-state index contributed by atoms with van der Waals surface area (Å²) in [4.78, 5) is 16.8. The number of phenolic OH excluding ortho intramolecular Hbond substituents is 1. The van der Waals surface area contributed by atoms with Crippen molar-refractivity contribution in [3.8, 4) is 16.3 Å². The van der Waals surface area contributed by atoms with Crippen LogP contribution in [0.15, 0.2) is 71.6 Å². The first-order valence-corrected chi connectivity index (χ1v) is 11.6. The van der Waals surface area contributed by atoms with Gasteiger partial charge in [0.25, 0.3) is 0 Å². The van der Waals surface area contributed by atoms with Crippen molar-refractivity contribution in [2.45, 2.75) is 4.90 Å². The maximum atomic E-state index is 12.4. The second-order valence-corrected chi connectivity index (χ2v) is 9.94. The third kappa shape index (κ3) is 4.30. The van der Waals surface area contributed by atoms with Crippen LogP contribution in [0, 0.1) is 0 Å². The lowest BCUT2D eigenvalue weighted by molar-refractivity contribution is -0.113. The highest BCUT2D eigenvalue weighted by atomic mass is 35.5. The maximum Gasteiger partial charge on any atom is 0.239 e. The van der Waals surface area contributed by atoms with E-state index in [1.165, 1.54) is 41.7 Å². The number of aromatic nitrogens is 1. The lowest BCUT2D eigenvalue weighted by atomic mass is 10.2. The Balaban J connectivity index is 1.50. The number of amides is 1. The minimum atomic E-state index is -3.81. The Morgan fingerprint density at radius 1 is 1.07 bits per heavy atom. The third-order valence-corrected chi connectivity index (χ3v) is 7.25. The average molecular weight is 459 g/mol. The Kier molecular flexibility index (Phi) is 5.46. The molecule has 0 saturated carbocycles. The van der Waals surface area contributed by atoms with Crippen molar-refractivity contribution < 1.29 is 18.3 Å². The summed E-state index contributed by atoms with van der Waals surface area (Å²) in [5.74, 6) is -1.50. The van der Waals surface area contributed by atoms with Crippen LogP contribution in [0.3, 0.4) is 0 Å². The van der Waals surface area contributed by atoms with Crippen LogP contribution in [0.25, 0.3) is 20.8 Å². The molecule has 0 aliphatic heterocycles. The molecule has 2 N–H and O–H groups in total. The SMILES string of the molecule is O=C(CS(=O)(=O)c1ccc(Cl)cc1)Nc1ccc(-c2nc3ccccc3s2)c(O)c1. The van der Waals surface area contributed by atoms with Crippen LogP contribution < -0.4 is 5.32 Å². The van der Waals surface area contributed by atoms with E-state index >= 15 is 0 Å². The Morgan fingerprint density at radius 2 is 1.80 bits per heavy atom. The van der Waals surface area contributed by atoms with Crippen LogP contribution in [0.1, 0.15) is 0 Å². The molecule has 0 saturated heterocycles. The summed E-state index contributed by atoms with van der Waals surface area (Å²) >= 11 is 7.21. The number of carbonyl (C=O) groups excluding carboxylic acids is 1. The molecule has 4 aromatic rings. The fraction of sp³-hybridized carbons (Fsp3) is 0.0476. The van der Waals surface area contributed by atoms with E-state index in [9.17, 15) is 18.3 Å². The molecule has 152 valence electrons. The van der Waals surface area contributed by atoms with Crippen LogP contribution in [0.4, 0.5) is 5.69 Å². The molecular formula is C21H15ClN2O4S2. The van der Waals surface area contributed by atoms with Crippen molar-refractivity contribution in [1.82, 2.24) is 4.98 Å². The zero-order valence-electron chi connectivity index (χ0n) is 15.4. The van der Waals surface area contributed by atoms with Gasteiger partial charge in [0, 0.05) is 16.8 Å². The molecule has 1 heterocycles. The van der Waals surface area contributed by atoms with E-state index < -0.39 is 21.5 Å². The number of hydrogen-bond acceptors (Lipinski definition) is 6. The van der Waals surface area contributed by atoms with Crippen molar-refractivity contribution in [2.24, 2.45) is 0 Å². The van der Waals surface area contributed by atoms with Gasteiger partial charge in [-0.2, -0.15) is 0 Å². The topological polar surface area (TPSA) is 96.4 Å². The van der Waals surface area contributed by atoms with E-state index in [4.69, 9.17) is 11.6 Å². The van der Waals surface area contributed by atoms with Crippen LogP contribution in [-0.2, 0) is 14.6 Å². The van der Waals surface area contributed by atoms with Gasteiger partial charge in [-0.25, -0.2) is 13.4 Å². The average Bonchev–Trinajstić information content (AvgIpc) is 3.11. The van der Waals surface area contributed by atoms with E-state index in [1.807, 2.05) is 24.3 Å². The van der Waals surface area contributed by atoms with E-state index in [-0.39, 0.29) is 16.3 Å². The Morgan fingerprint density at radius 3 is 2.50 bits per heavy atom. The van der Waals surface area contributed by atoms with Gasteiger partial charge in [0.15, 0.2) is 9.84 Å². The largest absolute Gasteiger partial charge is 0.507 e. The van der Waals surface area contributed by atoms with Gasteiger partial charge < -0.3 is 10.4 Å². The number of thiazole rings is 1. The first-order chi connectivity index (χ1) is 14.3. The molecule has 1 aromatic heterocycles. The smallest absolute Gasteiger partial charge is 0.239 e. The predicted molar refractivity (Wildman–Crippen MR) is 119 cm³/mol. The lowest BCUT2D eigenvalue weighted by Crippen LogP contribution is -2.23. The van der Waals surface area contributed by atoms with Gasteiger partial charge in [-0.05, 0) is 48.5 Å². The summed E-state index contributed by atoms with van der Waals surface area (Å²) in [7, 11) is -3.81. The molecule has 0 atom stereocenters. The summed E-state index contributed by atoms with van der Waals surface area (Å²) in [6.07, 6.45) is 0. The van der Waals surface area contributed by atoms with Crippen LogP contribution in [0.2, 0.25) is 5.02 Å². The standard InChI is InChI=1S/C21H15ClN2O4S2/c22-13-5-8-15(9-6-13)30(27,28)12-20(26)23-14-7-10-16(18(25)11-14)21-24-17-3-1-2-4-19(17)29-21/h1-11,25H,12H2,(H,23,26). The second kappa shape index (κ2) is 8.06. The van der Waals surface area contributed by atoms with E-state index in [0.717, 1.165) is 10.2 Å². The molecule has 0 bridgehead atoms. The number of hydrogen-bond donors (Lipinski definition) is 2. The fourth-order valence-corrected chi connectivity index (χ4v) is 5.13. The first kappa shape index (κ1) is 20.3. The zero-order valence-corrected chi connectivity index (χ0v) is 17.8. The summed E-state index contributed by atoms with van der Waals surface area (Å²) < 4.78 is 25.7. The molecular weight excluding hydrogens is 444 g/mol. The normalized spacial score (nSPS) is 11.5. The molecule has 0 fully saturated rings. The summed E-state index contributed by atoms with van der Waals surface area (Å²) in [6, 6.07) is 17.8. The number of rotatable bonds is 5. The van der Waals surface area contributed by atoms with E-state index in [1.54, 1.807) is 12.1 Å². The zero-order chi connectivity index (χ0) is 21.3. The van der Waals surface area contributed by atoms with Gasteiger partial charge >= 0.3 is 0 Å². The maximum absolute atomic E-state index is 12.4. The number of halogens is 1. The molecule has 3 aromatic carbocycles. The number of carbonyl (C=O) groups is 1. The Labute approximate surface area is 181 Å². The molecule has 30 heavy (non-hydrogen) atoms. The molecule has 0 spiro atoms. The van der Waals surface area contributed by atoms with Crippen molar-refractivity contribution >= 4 is 54.6 Å². The summed E-state index contributed by atoms with van der Waals surface area (Å²) in [5.41, 5.74) is 1.65. The summed E-state index contributed by atoms with van der Waals surface area (Å²) in [6.45, 7) is 0. The van der Waals surface area contributed by atoms with Crippen LogP contribution in [-0.4, -0.2) is 30.2 Å². The van der Waals surface area contributed by atoms with Crippen molar-refractivity contribution in [2.75, 3.05) is 11.1 Å². The molecule has 0 aliphatic rings. The minimum Gasteiger partial charge on any atom is -0.507 e. The highest BCUT2D eigenvalue weighted by molar-refractivity contribution is 7.92. The second-order valence-electron chi connectivity index (χ2n) is 6.48. The first-order valence-electron chi connectivity index (χ1n) is 8.79. The lowest BCUT2D eigenvalue weighted by Gasteiger charge is -2.08. The quantitative estimate of drug-likeness (QED) is 0.450. The predicted octanol–water partition coefficient (Wildman–Crippen LogP) is 4.73. The number of nitrogens with zero attached hydrogens (tertiary/aromatic N) is 1. The number of aromatic hydroxyl groups is 1. The van der Waals surface area contributed by atoms with Gasteiger partial charge in [-0.1, -0.05) is 23.7 Å². The number of nitrogens with one attached hydrogen (secondary N) is 1. The minimum absolute atomic E-state index is 0.0103. The molecule has 4 rings (SSSR count). The van der Waals surface area contributed by atoms with Gasteiger partial charge in [-0.3, -0.25) is 4.79 Å². The Bertz CT molecular complexity index is 1320. The van der Waals surface area contributed by atoms with Gasteiger partial charge in [0.05, 0.1) is 20.7 Å². The molecule has 0 unspecified atom stereocenters. The number of anilines is 1. The highest BCUT2D eigenvalue weighted by Crippen LogP contribution is 2.36. The highest BCUT2D eigenvalue weighted by Gasteiger charge is 2.20. The summed E-state index contributed by atoms with van der Waals surface area (Å²) in [5, 5.41) is 14.0. The van der Waals surface area contributed by atoms with Crippen LogP contribution in [0.5, 0.6) is 5.75 Å². The fourth-order valence-electron chi connectivity index (χ4n) is 2.87. The van der Waals surface area contributed by atoms with Gasteiger partial charge in [0.2, 0.25) is 5.91 Å². The van der Waals surface area contributed by atoms with E-state index in [2.05, 4.69) is 10.3 Å². The van der Waals surface area contributed by atoms with Crippen molar-refractivity contribution in [3.63, 3.8) is 0 Å². The third-order valence-electron chi connectivity index (χ3n) is 4.30. The van der Waals surface area contributed by atoms with Crippen molar-refractivity contribution in [3.05, 3.63) is 71.8 Å². The van der Waals surface area contributed by atoms with Gasteiger partial charge in [0.1, 0.15) is 16.5 Å². The van der Waals surface area contributed by atoms with Crippen LogP contribution >= 0.6 is 22.9 Å². The molecule has 6 nitrogen and oxygen atoms in total. The number of phenols is 1. The number of fused-ring (bicyclic) bond motifs is 1. The molecule has 1 amide bonds.